The second kappa shape index (κ2) is 11.3. The standard InChI is InChI=1S/C26H35N3O4S/c1-33-25-13-12-23(34(31,32)29-16-8-3-9-17-29)18-24(25)26(30)27-19-21-10-4-5-11-22(21)20-28-14-6-2-7-15-28/h4-5,10-13,18H,2-3,6-9,14-17,19-20H2,1H3,(H,27,30). The zero-order chi connectivity index (χ0) is 24.0. The Morgan fingerprint density at radius 3 is 2.24 bits per heavy atom. The van der Waals surface area contributed by atoms with Gasteiger partial charge in [0, 0.05) is 26.2 Å². The normalized spacial score (nSPS) is 17.9. The number of carbonyl (C=O) groups excluding carboxylic acids is 1. The molecule has 2 aliphatic rings. The van der Waals surface area contributed by atoms with Gasteiger partial charge in [-0.1, -0.05) is 37.1 Å². The number of rotatable bonds is 8. The lowest BCUT2D eigenvalue weighted by Gasteiger charge is -2.27. The molecule has 34 heavy (non-hydrogen) atoms. The van der Waals surface area contributed by atoms with Crippen molar-refractivity contribution < 1.29 is 17.9 Å². The maximum atomic E-state index is 13.1. The van der Waals surface area contributed by atoms with Crippen molar-refractivity contribution in [3.63, 3.8) is 0 Å². The van der Waals surface area contributed by atoms with Gasteiger partial charge in [-0.15, -0.1) is 0 Å². The van der Waals surface area contributed by atoms with Gasteiger partial charge in [0.05, 0.1) is 17.6 Å². The second-order valence-electron chi connectivity index (χ2n) is 9.12. The summed E-state index contributed by atoms with van der Waals surface area (Å²) in [6.07, 6.45) is 6.52. The maximum absolute atomic E-state index is 13.1. The van der Waals surface area contributed by atoms with Crippen molar-refractivity contribution in [2.75, 3.05) is 33.3 Å². The van der Waals surface area contributed by atoms with Crippen LogP contribution in [0.1, 0.15) is 60.0 Å². The van der Waals surface area contributed by atoms with Crippen molar-refractivity contribution in [1.29, 1.82) is 0 Å². The van der Waals surface area contributed by atoms with E-state index in [9.17, 15) is 13.2 Å². The van der Waals surface area contributed by atoms with Gasteiger partial charge < -0.3 is 10.1 Å². The van der Waals surface area contributed by atoms with E-state index in [-0.39, 0.29) is 16.4 Å². The van der Waals surface area contributed by atoms with Gasteiger partial charge in [-0.25, -0.2) is 8.42 Å². The molecule has 2 aromatic carbocycles. The Balaban J connectivity index is 1.49. The zero-order valence-corrected chi connectivity index (χ0v) is 20.8. The molecule has 2 fully saturated rings. The van der Waals surface area contributed by atoms with E-state index < -0.39 is 10.0 Å². The molecule has 2 aliphatic heterocycles. The summed E-state index contributed by atoms with van der Waals surface area (Å²) in [7, 11) is -2.16. The Labute approximate surface area is 203 Å². The van der Waals surface area contributed by atoms with Crippen LogP contribution >= 0.6 is 0 Å². The zero-order valence-electron chi connectivity index (χ0n) is 20.0. The molecule has 0 saturated carbocycles. The highest BCUT2D eigenvalue weighted by Gasteiger charge is 2.27. The molecule has 2 saturated heterocycles. The van der Waals surface area contributed by atoms with Gasteiger partial charge in [0.15, 0.2) is 0 Å². The molecule has 0 atom stereocenters. The highest BCUT2D eigenvalue weighted by Crippen LogP contribution is 2.26. The van der Waals surface area contributed by atoms with E-state index in [1.807, 2.05) is 18.2 Å². The molecule has 1 N–H and O–H groups in total. The highest BCUT2D eigenvalue weighted by atomic mass is 32.2. The van der Waals surface area contributed by atoms with Gasteiger partial charge in [-0.05, 0) is 68.1 Å². The number of benzene rings is 2. The summed E-state index contributed by atoms with van der Waals surface area (Å²) in [5.41, 5.74) is 2.50. The van der Waals surface area contributed by atoms with Crippen molar-refractivity contribution in [1.82, 2.24) is 14.5 Å². The molecule has 7 nitrogen and oxygen atoms in total. The molecule has 184 valence electrons. The molecule has 8 heteroatoms. The van der Waals surface area contributed by atoms with Crippen LogP contribution in [-0.2, 0) is 23.1 Å². The van der Waals surface area contributed by atoms with Crippen molar-refractivity contribution in [3.8, 4) is 5.75 Å². The monoisotopic (exact) mass is 485 g/mol. The van der Waals surface area contributed by atoms with E-state index in [1.54, 1.807) is 6.07 Å². The molecule has 0 bridgehead atoms. The molecule has 0 unspecified atom stereocenters. The molecular formula is C26H35N3O4S. The summed E-state index contributed by atoms with van der Waals surface area (Å²) in [5, 5.41) is 2.98. The van der Waals surface area contributed by atoms with Crippen LogP contribution < -0.4 is 10.1 Å². The second-order valence-corrected chi connectivity index (χ2v) is 11.1. The fraction of sp³-hybridized carbons (Fsp3) is 0.500. The number of hydrogen-bond donors (Lipinski definition) is 1. The van der Waals surface area contributed by atoms with Crippen molar-refractivity contribution in [3.05, 3.63) is 59.2 Å². The molecule has 0 spiro atoms. The predicted octanol–water partition coefficient (Wildman–Crippen LogP) is 3.79. The minimum atomic E-state index is -3.64. The number of nitrogens with one attached hydrogen (secondary N) is 1. The smallest absolute Gasteiger partial charge is 0.255 e. The first-order chi connectivity index (χ1) is 16.5. The maximum Gasteiger partial charge on any atom is 0.255 e. The van der Waals surface area contributed by atoms with Crippen molar-refractivity contribution in [2.24, 2.45) is 0 Å². The molecule has 2 heterocycles. The minimum absolute atomic E-state index is 0.130. The quantitative estimate of drug-likeness (QED) is 0.616. The lowest BCUT2D eigenvalue weighted by atomic mass is 10.0. The van der Waals surface area contributed by atoms with Crippen LogP contribution in [-0.4, -0.2) is 56.8 Å². The summed E-state index contributed by atoms with van der Waals surface area (Å²) in [4.78, 5) is 15.7. The number of piperidine rings is 2. The number of methoxy groups -OCH3 is 1. The van der Waals surface area contributed by atoms with Gasteiger partial charge in [0.2, 0.25) is 10.0 Å². The Hall–Kier alpha value is -2.42. The number of nitrogens with zero attached hydrogens (tertiary/aromatic N) is 2. The van der Waals surface area contributed by atoms with E-state index in [4.69, 9.17) is 4.74 Å². The number of likely N-dealkylation sites (tertiary alicyclic amines) is 1. The number of hydrogen-bond acceptors (Lipinski definition) is 5. The Morgan fingerprint density at radius 2 is 1.56 bits per heavy atom. The lowest BCUT2D eigenvalue weighted by molar-refractivity contribution is 0.0947. The first-order valence-electron chi connectivity index (χ1n) is 12.2. The number of ether oxygens (including phenoxy) is 1. The van der Waals surface area contributed by atoms with Gasteiger partial charge in [-0.3, -0.25) is 9.69 Å². The van der Waals surface area contributed by atoms with E-state index in [1.165, 1.54) is 48.4 Å². The molecule has 2 aromatic rings. The van der Waals surface area contributed by atoms with Crippen molar-refractivity contribution in [2.45, 2.75) is 56.5 Å². The van der Waals surface area contributed by atoms with Crippen LogP contribution in [0, 0.1) is 0 Å². The van der Waals surface area contributed by atoms with E-state index >= 15 is 0 Å². The molecule has 1 amide bonds. The molecule has 0 radical (unpaired) electrons. The third-order valence-electron chi connectivity index (χ3n) is 6.77. The van der Waals surface area contributed by atoms with E-state index in [0.29, 0.717) is 25.4 Å². The van der Waals surface area contributed by atoms with Gasteiger partial charge in [0.25, 0.3) is 5.91 Å². The fourth-order valence-corrected chi connectivity index (χ4v) is 6.34. The average molecular weight is 486 g/mol. The summed E-state index contributed by atoms with van der Waals surface area (Å²) in [5.74, 6) is 0.0111. The number of carbonyl (C=O) groups is 1. The summed E-state index contributed by atoms with van der Waals surface area (Å²) < 4.78 is 33.1. The summed E-state index contributed by atoms with van der Waals surface area (Å²) in [6.45, 7) is 4.49. The summed E-state index contributed by atoms with van der Waals surface area (Å²) >= 11 is 0. The van der Waals surface area contributed by atoms with Crippen molar-refractivity contribution >= 4 is 15.9 Å². The largest absolute Gasteiger partial charge is 0.496 e. The summed E-state index contributed by atoms with van der Waals surface area (Å²) in [6, 6.07) is 12.7. The molecule has 0 aromatic heterocycles. The van der Waals surface area contributed by atoms with Crippen LogP contribution in [0.5, 0.6) is 5.75 Å². The fourth-order valence-electron chi connectivity index (χ4n) is 4.79. The third kappa shape index (κ3) is 5.79. The number of amides is 1. The van der Waals surface area contributed by atoms with Gasteiger partial charge in [0.1, 0.15) is 5.75 Å². The Morgan fingerprint density at radius 1 is 0.912 bits per heavy atom. The first-order valence-corrected chi connectivity index (χ1v) is 13.7. The topological polar surface area (TPSA) is 79.0 Å². The van der Waals surface area contributed by atoms with E-state index in [0.717, 1.165) is 44.5 Å². The lowest BCUT2D eigenvalue weighted by Crippen LogP contribution is -2.35. The highest BCUT2D eigenvalue weighted by molar-refractivity contribution is 7.89. The SMILES string of the molecule is COc1ccc(S(=O)(=O)N2CCCCC2)cc1C(=O)NCc1ccccc1CN1CCCCC1. The van der Waals surface area contributed by atoms with Crippen LogP contribution in [0.25, 0.3) is 0 Å². The van der Waals surface area contributed by atoms with Crippen LogP contribution in [0.4, 0.5) is 0 Å². The van der Waals surface area contributed by atoms with E-state index in [2.05, 4.69) is 16.3 Å². The molecular weight excluding hydrogens is 450 g/mol. The number of sulfonamides is 1. The third-order valence-corrected chi connectivity index (χ3v) is 8.66. The predicted molar refractivity (Wildman–Crippen MR) is 132 cm³/mol. The molecule has 4 rings (SSSR count). The van der Waals surface area contributed by atoms with Gasteiger partial charge >= 0.3 is 0 Å². The minimum Gasteiger partial charge on any atom is -0.496 e. The van der Waals surface area contributed by atoms with Crippen LogP contribution in [0.15, 0.2) is 47.4 Å². The molecule has 0 aliphatic carbocycles. The Bertz CT molecular complexity index is 1090. The average Bonchev–Trinajstić information content (AvgIpc) is 2.88. The van der Waals surface area contributed by atoms with Crippen LogP contribution in [0.2, 0.25) is 0 Å². The van der Waals surface area contributed by atoms with Crippen LogP contribution in [0.3, 0.4) is 0 Å². The Kier molecular flexibility index (Phi) is 8.24. The van der Waals surface area contributed by atoms with Gasteiger partial charge in [-0.2, -0.15) is 4.31 Å². The first kappa shape index (κ1) is 24.7.